The lowest BCUT2D eigenvalue weighted by atomic mass is 10.2. The van der Waals surface area contributed by atoms with Crippen LogP contribution < -0.4 is 5.32 Å². The van der Waals surface area contributed by atoms with E-state index in [9.17, 15) is 9.59 Å². The van der Waals surface area contributed by atoms with Gasteiger partial charge in [0.15, 0.2) is 0 Å². The number of rotatable bonds is 3. The fraction of sp³-hybridized carbons (Fsp3) is 0. The summed E-state index contributed by atoms with van der Waals surface area (Å²) < 4.78 is 0.562. The molecule has 0 aliphatic carbocycles. The Hall–Kier alpha value is -1.79. The van der Waals surface area contributed by atoms with Gasteiger partial charge in [0.2, 0.25) is 0 Å². The van der Waals surface area contributed by atoms with Gasteiger partial charge in [-0.05, 0) is 24.3 Å². The predicted molar refractivity (Wildman–Crippen MR) is 74.9 cm³/mol. The first-order valence-electron chi connectivity index (χ1n) is 5.15. The van der Waals surface area contributed by atoms with Crippen LogP contribution in [0.1, 0.15) is 20.8 Å². The van der Waals surface area contributed by atoms with Gasteiger partial charge in [0, 0.05) is 16.4 Å². The van der Waals surface area contributed by atoms with Crippen molar-refractivity contribution < 1.29 is 14.7 Å². The molecule has 0 atom stereocenters. The molecule has 3 N–H and O–H groups in total. The average Bonchev–Trinajstić information content (AvgIpc) is 2.75. The largest absolute Gasteiger partial charge is 0.478 e. The van der Waals surface area contributed by atoms with E-state index in [0.717, 1.165) is 0 Å². The zero-order chi connectivity index (χ0) is 14.0. The molecular formula is C12H8BrClN2O3. The van der Waals surface area contributed by atoms with E-state index >= 15 is 0 Å². The number of carboxylic acids is 1. The maximum absolute atomic E-state index is 11.9. The number of H-pyrrole nitrogens is 1. The third kappa shape index (κ3) is 3.36. The van der Waals surface area contributed by atoms with Crippen molar-refractivity contribution in [3.8, 4) is 0 Å². The van der Waals surface area contributed by atoms with Gasteiger partial charge in [-0.3, -0.25) is 4.79 Å². The molecular weight excluding hydrogens is 336 g/mol. The summed E-state index contributed by atoms with van der Waals surface area (Å²) in [6.45, 7) is 0. The normalized spacial score (nSPS) is 10.2. The van der Waals surface area contributed by atoms with Gasteiger partial charge < -0.3 is 15.4 Å². The minimum atomic E-state index is -1.07. The Morgan fingerprint density at radius 3 is 2.58 bits per heavy atom. The van der Waals surface area contributed by atoms with E-state index < -0.39 is 11.9 Å². The van der Waals surface area contributed by atoms with Crippen LogP contribution in [0.15, 0.2) is 34.9 Å². The Kier molecular flexibility index (Phi) is 3.92. The van der Waals surface area contributed by atoms with Gasteiger partial charge in [-0.25, -0.2) is 4.79 Å². The summed E-state index contributed by atoms with van der Waals surface area (Å²) >= 11 is 8.89. The highest BCUT2D eigenvalue weighted by Gasteiger charge is 2.11. The van der Waals surface area contributed by atoms with Crippen LogP contribution in [0.4, 0.5) is 5.69 Å². The smallest absolute Gasteiger partial charge is 0.335 e. The molecule has 0 fully saturated rings. The molecule has 0 spiro atoms. The summed E-state index contributed by atoms with van der Waals surface area (Å²) in [7, 11) is 0. The standard InChI is InChI=1S/C12H8BrClN2O3/c13-7-1-6(12(18)19)2-9(3-7)16-11(17)10-4-8(14)5-15-10/h1-5,15H,(H,16,17)(H,18,19). The lowest BCUT2D eigenvalue weighted by Gasteiger charge is -2.06. The number of aromatic carboxylic acids is 1. The van der Waals surface area contributed by atoms with Crippen molar-refractivity contribution in [1.29, 1.82) is 0 Å². The highest BCUT2D eigenvalue weighted by atomic mass is 79.9. The van der Waals surface area contributed by atoms with Crippen molar-refractivity contribution in [3.05, 3.63) is 51.2 Å². The summed E-state index contributed by atoms with van der Waals surface area (Å²) in [5.41, 5.74) is 0.749. The first-order valence-corrected chi connectivity index (χ1v) is 6.32. The van der Waals surface area contributed by atoms with E-state index in [1.165, 1.54) is 24.4 Å². The molecule has 19 heavy (non-hydrogen) atoms. The number of carbonyl (C=O) groups excluding carboxylic acids is 1. The number of aromatic nitrogens is 1. The number of hydrogen-bond acceptors (Lipinski definition) is 2. The van der Waals surface area contributed by atoms with Gasteiger partial charge in [0.1, 0.15) is 5.69 Å². The van der Waals surface area contributed by atoms with Crippen LogP contribution in [0.25, 0.3) is 0 Å². The molecule has 0 bridgehead atoms. The summed E-state index contributed by atoms with van der Waals surface area (Å²) in [6, 6.07) is 5.90. The summed E-state index contributed by atoms with van der Waals surface area (Å²) in [5.74, 6) is -1.47. The van der Waals surface area contributed by atoms with E-state index in [0.29, 0.717) is 20.9 Å². The van der Waals surface area contributed by atoms with Crippen molar-refractivity contribution >= 4 is 45.1 Å². The third-order valence-corrected chi connectivity index (χ3v) is 2.97. The molecule has 0 radical (unpaired) electrons. The van der Waals surface area contributed by atoms with Gasteiger partial charge in [-0.15, -0.1) is 0 Å². The molecule has 7 heteroatoms. The van der Waals surface area contributed by atoms with Crippen LogP contribution in [-0.2, 0) is 0 Å². The number of hydrogen-bond donors (Lipinski definition) is 3. The molecule has 0 unspecified atom stereocenters. The van der Waals surface area contributed by atoms with E-state index in [1.807, 2.05) is 0 Å². The Labute approximate surface area is 121 Å². The fourth-order valence-electron chi connectivity index (χ4n) is 1.48. The summed E-state index contributed by atoms with van der Waals surface area (Å²) in [6.07, 6.45) is 1.49. The predicted octanol–water partition coefficient (Wildman–Crippen LogP) is 3.38. The topological polar surface area (TPSA) is 82.2 Å². The molecule has 1 aromatic heterocycles. The molecule has 1 amide bonds. The number of halogens is 2. The minimum Gasteiger partial charge on any atom is -0.478 e. The Balaban J connectivity index is 2.23. The van der Waals surface area contributed by atoms with Crippen LogP contribution in [0.3, 0.4) is 0 Å². The highest BCUT2D eigenvalue weighted by Crippen LogP contribution is 2.20. The SMILES string of the molecule is O=C(O)c1cc(Br)cc(NC(=O)c2cc(Cl)c[nH]2)c1. The number of benzene rings is 1. The fourth-order valence-corrected chi connectivity index (χ4v) is 2.14. The summed E-state index contributed by atoms with van der Waals surface area (Å²) in [5, 5.41) is 11.9. The first kappa shape index (κ1) is 13.6. The van der Waals surface area contributed by atoms with Gasteiger partial charge in [-0.2, -0.15) is 0 Å². The highest BCUT2D eigenvalue weighted by molar-refractivity contribution is 9.10. The Morgan fingerprint density at radius 1 is 1.26 bits per heavy atom. The average molecular weight is 344 g/mol. The second-order valence-electron chi connectivity index (χ2n) is 3.72. The van der Waals surface area contributed by atoms with Crippen LogP contribution in [0.5, 0.6) is 0 Å². The quantitative estimate of drug-likeness (QED) is 0.799. The van der Waals surface area contributed by atoms with Crippen LogP contribution >= 0.6 is 27.5 Å². The monoisotopic (exact) mass is 342 g/mol. The maximum Gasteiger partial charge on any atom is 0.335 e. The number of anilines is 1. The first-order chi connectivity index (χ1) is 8.95. The molecule has 5 nitrogen and oxygen atoms in total. The third-order valence-electron chi connectivity index (χ3n) is 2.30. The number of aromatic amines is 1. The van der Waals surface area contributed by atoms with E-state index in [-0.39, 0.29) is 5.56 Å². The van der Waals surface area contributed by atoms with E-state index in [2.05, 4.69) is 26.2 Å². The number of nitrogens with one attached hydrogen (secondary N) is 2. The van der Waals surface area contributed by atoms with Gasteiger partial charge in [-0.1, -0.05) is 27.5 Å². The number of amides is 1. The van der Waals surface area contributed by atoms with Gasteiger partial charge in [0.25, 0.3) is 5.91 Å². The van der Waals surface area contributed by atoms with E-state index in [1.54, 1.807) is 6.07 Å². The van der Waals surface area contributed by atoms with Gasteiger partial charge in [0.05, 0.1) is 10.6 Å². The van der Waals surface area contributed by atoms with E-state index in [4.69, 9.17) is 16.7 Å². The van der Waals surface area contributed by atoms with Crippen LogP contribution in [0, 0.1) is 0 Å². The van der Waals surface area contributed by atoms with Crippen LogP contribution in [-0.4, -0.2) is 22.0 Å². The van der Waals surface area contributed by atoms with Crippen LogP contribution in [0.2, 0.25) is 5.02 Å². The molecule has 0 saturated heterocycles. The molecule has 1 heterocycles. The Bertz CT molecular complexity index is 654. The van der Waals surface area contributed by atoms with Crippen molar-refractivity contribution in [3.63, 3.8) is 0 Å². The van der Waals surface area contributed by atoms with Crippen molar-refractivity contribution in [1.82, 2.24) is 4.98 Å². The van der Waals surface area contributed by atoms with Crippen molar-refractivity contribution in [2.75, 3.05) is 5.32 Å². The molecule has 1 aromatic carbocycles. The lowest BCUT2D eigenvalue weighted by molar-refractivity contribution is 0.0696. The number of carboxylic acid groups (broad SMARTS) is 1. The second kappa shape index (κ2) is 5.46. The minimum absolute atomic E-state index is 0.0780. The second-order valence-corrected chi connectivity index (χ2v) is 5.07. The molecule has 0 saturated carbocycles. The molecule has 2 aromatic rings. The number of carbonyl (C=O) groups is 2. The van der Waals surface area contributed by atoms with Crippen molar-refractivity contribution in [2.24, 2.45) is 0 Å². The molecule has 0 aliphatic heterocycles. The summed E-state index contributed by atoms with van der Waals surface area (Å²) in [4.78, 5) is 25.5. The molecule has 2 rings (SSSR count). The van der Waals surface area contributed by atoms with Gasteiger partial charge >= 0.3 is 5.97 Å². The molecule has 98 valence electrons. The zero-order valence-electron chi connectivity index (χ0n) is 9.41. The Morgan fingerprint density at radius 2 is 2.00 bits per heavy atom. The zero-order valence-corrected chi connectivity index (χ0v) is 11.7. The molecule has 0 aliphatic rings. The lowest BCUT2D eigenvalue weighted by Crippen LogP contribution is -2.12. The maximum atomic E-state index is 11.9. The van der Waals surface area contributed by atoms with Crippen molar-refractivity contribution in [2.45, 2.75) is 0 Å².